The molecule has 0 atom stereocenters. The minimum Gasteiger partial charge on any atom is -0.308 e. The van der Waals surface area contributed by atoms with E-state index < -0.39 is 10.0 Å². The smallest absolute Gasteiger partial charge is 0.250 e. The first-order valence-corrected chi connectivity index (χ1v) is 9.09. The number of nitrogens with zero attached hydrogens (tertiary/aromatic N) is 1. The summed E-state index contributed by atoms with van der Waals surface area (Å²) >= 11 is 0. The van der Waals surface area contributed by atoms with E-state index in [9.17, 15) is 13.2 Å². The second kappa shape index (κ2) is 5.85. The number of anilines is 1. The predicted molar refractivity (Wildman–Crippen MR) is 85.3 cm³/mol. The molecule has 0 radical (unpaired) electrons. The Labute approximate surface area is 131 Å². The van der Waals surface area contributed by atoms with Crippen LogP contribution in [-0.4, -0.2) is 26.9 Å². The van der Waals surface area contributed by atoms with Gasteiger partial charge in [0.2, 0.25) is 15.9 Å². The van der Waals surface area contributed by atoms with Crippen LogP contribution < -0.4 is 9.62 Å². The van der Waals surface area contributed by atoms with Crippen molar-refractivity contribution in [2.24, 2.45) is 0 Å². The highest BCUT2D eigenvalue weighted by atomic mass is 32.2. The van der Waals surface area contributed by atoms with Gasteiger partial charge in [0.05, 0.1) is 4.90 Å². The molecule has 1 amide bonds. The van der Waals surface area contributed by atoms with Crippen LogP contribution in [-0.2, 0) is 21.2 Å². The van der Waals surface area contributed by atoms with Crippen LogP contribution in [0.5, 0.6) is 0 Å². The summed E-state index contributed by atoms with van der Waals surface area (Å²) in [5.41, 5.74) is 1.68. The molecule has 3 rings (SSSR count). The number of hydrogen-bond donors (Lipinski definition) is 1. The van der Waals surface area contributed by atoms with E-state index in [1.54, 1.807) is 23.1 Å². The van der Waals surface area contributed by atoms with E-state index in [4.69, 9.17) is 0 Å². The average molecular weight is 320 g/mol. The Balaban J connectivity index is 1.85. The van der Waals surface area contributed by atoms with Crippen LogP contribution in [0.4, 0.5) is 5.69 Å². The van der Waals surface area contributed by atoms with E-state index in [0.29, 0.717) is 13.0 Å². The number of sulfonamides is 1. The summed E-state index contributed by atoms with van der Waals surface area (Å²) in [5, 5.41) is 0. The van der Waals surface area contributed by atoms with Crippen molar-refractivity contribution in [2.75, 3.05) is 11.4 Å². The first kappa shape index (κ1) is 15.2. The second-order valence-corrected chi connectivity index (χ2v) is 7.55. The summed E-state index contributed by atoms with van der Waals surface area (Å²) in [6, 6.07) is 5.03. The molecule has 1 fully saturated rings. The van der Waals surface area contributed by atoms with Gasteiger partial charge in [0.25, 0.3) is 0 Å². The van der Waals surface area contributed by atoms with Crippen molar-refractivity contribution in [3.05, 3.63) is 36.4 Å². The van der Waals surface area contributed by atoms with Crippen LogP contribution in [0.2, 0.25) is 0 Å². The SMILES string of the molecule is C=CC(=O)N1CCc2cc(S(=O)(=O)NC3CCCC3)ccc21. The zero-order chi connectivity index (χ0) is 15.7. The van der Waals surface area contributed by atoms with Crippen molar-refractivity contribution in [1.82, 2.24) is 4.72 Å². The molecule has 1 aromatic carbocycles. The average Bonchev–Trinajstić information content (AvgIpc) is 3.14. The number of hydrogen-bond acceptors (Lipinski definition) is 3. The van der Waals surface area contributed by atoms with Gasteiger partial charge in [-0.1, -0.05) is 19.4 Å². The number of benzene rings is 1. The van der Waals surface area contributed by atoms with E-state index >= 15 is 0 Å². The molecular weight excluding hydrogens is 300 g/mol. The van der Waals surface area contributed by atoms with Crippen molar-refractivity contribution in [3.63, 3.8) is 0 Å². The molecule has 118 valence electrons. The van der Waals surface area contributed by atoms with Crippen LogP contribution >= 0.6 is 0 Å². The fraction of sp³-hybridized carbons (Fsp3) is 0.438. The van der Waals surface area contributed by atoms with Crippen molar-refractivity contribution in [3.8, 4) is 0 Å². The third kappa shape index (κ3) is 2.80. The molecule has 1 N–H and O–H groups in total. The quantitative estimate of drug-likeness (QED) is 0.863. The molecule has 1 aliphatic carbocycles. The Bertz CT molecular complexity index is 706. The van der Waals surface area contributed by atoms with Crippen LogP contribution in [0.3, 0.4) is 0 Å². The molecule has 0 aromatic heterocycles. The Morgan fingerprint density at radius 2 is 2.05 bits per heavy atom. The predicted octanol–water partition coefficient (Wildman–Crippen LogP) is 1.98. The summed E-state index contributed by atoms with van der Waals surface area (Å²) in [6.45, 7) is 4.06. The molecule has 1 aromatic rings. The number of fused-ring (bicyclic) bond motifs is 1. The molecule has 0 bridgehead atoms. The van der Waals surface area contributed by atoms with Crippen LogP contribution in [0.15, 0.2) is 35.7 Å². The maximum absolute atomic E-state index is 12.5. The summed E-state index contributed by atoms with van der Waals surface area (Å²) in [6.07, 6.45) is 5.92. The Kier molecular flexibility index (Phi) is 4.06. The number of carbonyl (C=O) groups is 1. The molecule has 6 heteroatoms. The Morgan fingerprint density at radius 1 is 1.32 bits per heavy atom. The zero-order valence-electron chi connectivity index (χ0n) is 12.4. The van der Waals surface area contributed by atoms with Gasteiger partial charge in [-0.15, -0.1) is 0 Å². The largest absolute Gasteiger partial charge is 0.308 e. The third-order valence-corrected chi connectivity index (χ3v) is 5.89. The fourth-order valence-electron chi connectivity index (χ4n) is 3.22. The minimum absolute atomic E-state index is 0.0529. The number of amides is 1. The van der Waals surface area contributed by atoms with Gasteiger partial charge < -0.3 is 4.90 Å². The first-order valence-electron chi connectivity index (χ1n) is 7.60. The van der Waals surface area contributed by atoms with Crippen LogP contribution in [0.1, 0.15) is 31.2 Å². The van der Waals surface area contributed by atoms with Gasteiger partial charge in [0.1, 0.15) is 0 Å². The van der Waals surface area contributed by atoms with Crippen molar-refractivity contribution in [2.45, 2.75) is 43.0 Å². The molecule has 0 saturated heterocycles. The fourth-order valence-corrected chi connectivity index (χ4v) is 4.57. The van der Waals surface area contributed by atoms with E-state index in [1.807, 2.05) is 0 Å². The van der Waals surface area contributed by atoms with Crippen molar-refractivity contribution < 1.29 is 13.2 Å². The van der Waals surface area contributed by atoms with Gasteiger partial charge in [0, 0.05) is 18.3 Å². The molecular formula is C16H20N2O3S. The maximum atomic E-state index is 12.5. The normalized spacial score (nSPS) is 18.5. The van der Waals surface area contributed by atoms with Gasteiger partial charge in [-0.25, -0.2) is 13.1 Å². The van der Waals surface area contributed by atoms with Crippen molar-refractivity contribution >= 4 is 21.6 Å². The monoisotopic (exact) mass is 320 g/mol. The zero-order valence-corrected chi connectivity index (χ0v) is 13.2. The van der Waals surface area contributed by atoms with Gasteiger partial charge >= 0.3 is 0 Å². The van der Waals surface area contributed by atoms with Gasteiger partial charge in [-0.05, 0) is 49.1 Å². The Morgan fingerprint density at radius 3 is 2.73 bits per heavy atom. The van der Waals surface area contributed by atoms with Crippen LogP contribution in [0, 0.1) is 0 Å². The molecule has 1 saturated carbocycles. The maximum Gasteiger partial charge on any atom is 0.250 e. The van der Waals surface area contributed by atoms with Gasteiger partial charge in [-0.2, -0.15) is 0 Å². The lowest BCUT2D eigenvalue weighted by Gasteiger charge is -2.16. The van der Waals surface area contributed by atoms with E-state index in [2.05, 4.69) is 11.3 Å². The molecule has 0 unspecified atom stereocenters. The molecule has 1 aliphatic heterocycles. The third-order valence-electron chi connectivity index (χ3n) is 4.37. The second-order valence-electron chi connectivity index (χ2n) is 5.84. The van der Waals surface area contributed by atoms with E-state index in [1.165, 1.54) is 6.08 Å². The van der Waals surface area contributed by atoms with E-state index in [0.717, 1.165) is 36.9 Å². The highest BCUT2D eigenvalue weighted by Crippen LogP contribution is 2.30. The highest BCUT2D eigenvalue weighted by Gasteiger charge is 2.27. The molecule has 5 nitrogen and oxygen atoms in total. The summed E-state index contributed by atoms with van der Waals surface area (Å²) in [5.74, 6) is -0.154. The lowest BCUT2D eigenvalue weighted by atomic mass is 10.2. The van der Waals surface area contributed by atoms with Crippen LogP contribution in [0.25, 0.3) is 0 Å². The number of nitrogens with one attached hydrogen (secondary N) is 1. The first-order chi connectivity index (χ1) is 10.5. The molecule has 22 heavy (non-hydrogen) atoms. The molecule has 2 aliphatic rings. The number of carbonyl (C=O) groups excluding carboxylic acids is 1. The summed E-state index contributed by atoms with van der Waals surface area (Å²) < 4.78 is 27.7. The minimum atomic E-state index is -3.48. The lowest BCUT2D eigenvalue weighted by molar-refractivity contribution is -0.114. The van der Waals surface area contributed by atoms with Gasteiger partial charge in [-0.3, -0.25) is 4.79 Å². The highest BCUT2D eigenvalue weighted by molar-refractivity contribution is 7.89. The molecule has 0 spiro atoms. The summed E-state index contributed by atoms with van der Waals surface area (Å²) in [7, 11) is -3.48. The van der Waals surface area contributed by atoms with Crippen molar-refractivity contribution in [1.29, 1.82) is 0 Å². The lowest BCUT2D eigenvalue weighted by Crippen LogP contribution is -2.32. The summed E-state index contributed by atoms with van der Waals surface area (Å²) in [4.78, 5) is 13.7. The Hall–Kier alpha value is -1.66. The topological polar surface area (TPSA) is 66.5 Å². The standard InChI is InChI=1S/C16H20N2O3S/c1-2-16(19)18-10-9-12-11-14(7-8-15(12)18)22(20,21)17-13-5-3-4-6-13/h2,7-8,11,13,17H,1,3-6,9-10H2. The van der Waals surface area contributed by atoms with E-state index in [-0.39, 0.29) is 16.8 Å². The van der Waals surface area contributed by atoms with Gasteiger partial charge in [0.15, 0.2) is 0 Å². The molecule has 1 heterocycles. The number of rotatable bonds is 4.